The molecule has 1 aliphatic rings. The number of benzene rings is 2. The van der Waals surface area contributed by atoms with Gasteiger partial charge in [-0.1, -0.05) is 39.3 Å². The zero-order valence-electron chi connectivity index (χ0n) is 19.3. The zero-order valence-corrected chi connectivity index (χ0v) is 19.3. The third-order valence-electron chi connectivity index (χ3n) is 4.76. The van der Waals surface area contributed by atoms with Gasteiger partial charge in [0.05, 0.1) is 27.8 Å². The number of hydrogen-bond acceptors (Lipinski definition) is 5. The maximum atomic E-state index is 14.2. The number of rotatable bonds is 3. The molecule has 0 saturated heterocycles. The van der Waals surface area contributed by atoms with E-state index >= 15 is 0 Å². The summed E-state index contributed by atoms with van der Waals surface area (Å²) in [5.41, 5.74) is 2.07. The highest BCUT2D eigenvalue weighted by Crippen LogP contribution is 2.28. The van der Waals surface area contributed by atoms with Crippen LogP contribution in [0.2, 0.25) is 0 Å². The second-order valence-corrected chi connectivity index (χ2v) is 7.10. The second-order valence-electron chi connectivity index (χ2n) is 7.10. The average Bonchev–Trinajstić information content (AvgIpc) is 3.02. The molecule has 6 nitrogen and oxygen atoms in total. The van der Waals surface area contributed by atoms with Crippen LogP contribution < -0.4 is 15.8 Å². The third-order valence-corrected chi connectivity index (χ3v) is 4.76. The van der Waals surface area contributed by atoms with Crippen molar-refractivity contribution in [3.8, 4) is 5.69 Å². The van der Waals surface area contributed by atoms with Gasteiger partial charge in [-0.25, -0.2) is 9.37 Å². The van der Waals surface area contributed by atoms with E-state index in [0.717, 1.165) is 18.7 Å². The fraction of sp³-hybridized carbons (Fsp3) is 0.375. The molecule has 0 unspecified atom stereocenters. The van der Waals surface area contributed by atoms with Gasteiger partial charge in [-0.05, 0) is 44.3 Å². The molecule has 0 saturated carbocycles. The quantitative estimate of drug-likeness (QED) is 0.535. The Labute approximate surface area is 182 Å². The summed E-state index contributed by atoms with van der Waals surface area (Å²) in [5.74, 6) is -0.715. The summed E-state index contributed by atoms with van der Waals surface area (Å²) >= 11 is 0. The van der Waals surface area contributed by atoms with Crippen molar-refractivity contribution in [2.75, 3.05) is 32.1 Å². The van der Waals surface area contributed by atoms with Gasteiger partial charge in [-0.15, -0.1) is 0 Å². The molecule has 31 heavy (non-hydrogen) atoms. The molecule has 1 N–H and O–H groups in total. The summed E-state index contributed by atoms with van der Waals surface area (Å²) in [6.07, 6.45) is 0. The first-order valence-corrected chi connectivity index (χ1v) is 10.6. The minimum atomic E-state index is -0.500. The van der Waals surface area contributed by atoms with Crippen molar-refractivity contribution in [3.63, 3.8) is 0 Å². The van der Waals surface area contributed by atoms with E-state index in [2.05, 4.69) is 24.1 Å². The highest BCUT2D eigenvalue weighted by Gasteiger charge is 2.30. The fourth-order valence-electron chi connectivity index (χ4n) is 3.31. The molecule has 2 aromatic carbocycles. The van der Waals surface area contributed by atoms with Crippen molar-refractivity contribution in [3.05, 3.63) is 63.5 Å². The van der Waals surface area contributed by atoms with Crippen LogP contribution in [-0.4, -0.2) is 42.5 Å². The summed E-state index contributed by atoms with van der Waals surface area (Å²) in [4.78, 5) is 31.4. The molecule has 0 aliphatic carbocycles. The number of ketones is 1. The molecule has 7 heteroatoms. The van der Waals surface area contributed by atoms with Crippen molar-refractivity contribution >= 4 is 22.4 Å². The molecule has 0 fully saturated rings. The lowest BCUT2D eigenvalue weighted by molar-refractivity contribution is 0.103. The van der Waals surface area contributed by atoms with E-state index in [4.69, 9.17) is 0 Å². The first-order chi connectivity index (χ1) is 14.8. The molecule has 0 atom stereocenters. The van der Waals surface area contributed by atoms with Crippen LogP contribution in [0.4, 0.5) is 10.1 Å². The Kier molecular flexibility index (Phi) is 8.05. The SMILES string of the molecule is CC.CCNCC.Cc1ccc2c(c1)C(=O)c1nc3cc(N(C)C)c(F)cc3c(=O)n1-2. The predicted molar refractivity (Wildman–Crippen MR) is 125 cm³/mol. The van der Waals surface area contributed by atoms with E-state index in [1.54, 1.807) is 31.1 Å². The smallest absolute Gasteiger partial charge is 0.266 e. The summed E-state index contributed by atoms with van der Waals surface area (Å²) < 4.78 is 15.5. The zero-order chi connectivity index (χ0) is 23.3. The van der Waals surface area contributed by atoms with E-state index < -0.39 is 11.4 Å². The molecule has 1 aromatic heterocycles. The predicted octanol–water partition coefficient (Wildman–Crippen LogP) is 4.09. The second kappa shape index (κ2) is 10.3. The van der Waals surface area contributed by atoms with Gasteiger partial charge >= 0.3 is 0 Å². The molecule has 0 radical (unpaired) electrons. The lowest BCUT2D eigenvalue weighted by atomic mass is 10.1. The number of nitrogens with zero attached hydrogens (tertiary/aromatic N) is 3. The molecule has 2 heterocycles. The van der Waals surface area contributed by atoms with Gasteiger partial charge in [0.25, 0.3) is 5.56 Å². The van der Waals surface area contributed by atoms with Crippen LogP contribution in [0.15, 0.2) is 35.1 Å². The molecule has 4 rings (SSSR count). The van der Waals surface area contributed by atoms with E-state index in [9.17, 15) is 14.0 Å². The first-order valence-electron chi connectivity index (χ1n) is 10.6. The lowest BCUT2D eigenvalue weighted by Crippen LogP contribution is -2.22. The first kappa shape index (κ1) is 24.2. The van der Waals surface area contributed by atoms with E-state index in [-0.39, 0.29) is 17.0 Å². The van der Waals surface area contributed by atoms with Crippen molar-refractivity contribution in [1.82, 2.24) is 14.9 Å². The largest absolute Gasteiger partial charge is 0.375 e. The van der Waals surface area contributed by atoms with Crippen molar-refractivity contribution in [1.29, 1.82) is 0 Å². The van der Waals surface area contributed by atoms with Gasteiger partial charge in [-0.3, -0.25) is 14.2 Å². The van der Waals surface area contributed by atoms with Crippen molar-refractivity contribution in [2.24, 2.45) is 0 Å². The number of carbonyl (C=O) groups is 1. The molecule has 0 bridgehead atoms. The summed E-state index contributed by atoms with van der Waals surface area (Å²) in [6.45, 7) is 12.3. The Balaban J connectivity index is 0.000000432. The number of fused-ring (bicyclic) bond motifs is 4. The number of aryl methyl sites for hydroxylation is 1. The molecule has 1 aliphatic heterocycles. The van der Waals surface area contributed by atoms with E-state index in [0.29, 0.717) is 22.5 Å². The monoisotopic (exact) mass is 426 g/mol. The average molecular weight is 427 g/mol. The molecular formula is C24H31FN4O2. The van der Waals surface area contributed by atoms with Crippen LogP contribution in [0.3, 0.4) is 0 Å². The van der Waals surface area contributed by atoms with Gasteiger partial charge in [0.15, 0.2) is 5.82 Å². The lowest BCUT2D eigenvalue weighted by Gasteiger charge is -2.14. The van der Waals surface area contributed by atoms with Crippen LogP contribution in [0, 0.1) is 12.7 Å². The third kappa shape index (κ3) is 4.66. The van der Waals surface area contributed by atoms with Crippen molar-refractivity contribution in [2.45, 2.75) is 34.6 Å². The molecule has 166 valence electrons. The van der Waals surface area contributed by atoms with Gasteiger partial charge in [0.1, 0.15) is 5.82 Å². The maximum absolute atomic E-state index is 14.2. The Morgan fingerprint density at radius 3 is 2.26 bits per heavy atom. The number of halogens is 1. The Hall–Kier alpha value is -3.06. The number of hydrogen-bond donors (Lipinski definition) is 1. The number of aromatic nitrogens is 2. The van der Waals surface area contributed by atoms with E-state index in [1.807, 2.05) is 26.8 Å². The normalized spacial score (nSPS) is 11.2. The van der Waals surface area contributed by atoms with Gasteiger partial charge < -0.3 is 10.2 Å². The van der Waals surface area contributed by atoms with Crippen LogP contribution in [0.1, 0.15) is 49.4 Å². The van der Waals surface area contributed by atoms with E-state index in [1.165, 1.54) is 16.7 Å². The molecule has 0 amide bonds. The van der Waals surface area contributed by atoms with Crippen LogP contribution in [0.25, 0.3) is 16.6 Å². The molecular weight excluding hydrogens is 395 g/mol. The van der Waals surface area contributed by atoms with Crippen LogP contribution in [-0.2, 0) is 0 Å². The van der Waals surface area contributed by atoms with Crippen LogP contribution >= 0.6 is 0 Å². The maximum Gasteiger partial charge on any atom is 0.266 e. The Morgan fingerprint density at radius 2 is 1.71 bits per heavy atom. The number of anilines is 1. The topological polar surface area (TPSA) is 67.2 Å². The molecule has 3 aromatic rings. The summed E-state index contributed by atoms with van der Waals surface area (Å²) in [6, 6.07) is 7.97. The standard InChI is InChI=1S/C18H14FN3O2.C4H11N.C2H6/c1-9-4-5-14-11(6-9)16(23)17-20-13-8-15(21(2)3)12(19)7-10(13)18(24)22(14)17;1-3-5-4-2;1-2/h4-8H,1-3H3;5H,3-4H2,1-2H3;1-2H3. The minimum absolute atomic E-state index is 0.0735. The van der Waals surface area contributed by atoms with Crippen LogP contribution in [0.5, 0.6) is 0 Å². The van der Waals surface area contributed by atoms with Gasteiger partial charge in [0.2, 0.25) is 5.78 Å². The highest BCUT2D eigenvalue weighted by atomic mass is 19.1. The Morgan fingerprint density at radius 1 is 1.06 bits per heavy atom. The summed E-state index contributed by atoms with van der Waals surface area (Å²) in [7, 11) is 3.41. The fourth-order valence-corrected chi connectivity index (χ4v) is 3.31. The van der Waals surface area contributed by atoms with Gasteiger partial charge in [0, 0.05) is 14.1 Å². The Bertz CT molecular complexity index is 1150. The van der Waals surface area contributed by atoms with Crippen molar-refractivity contribution < 1.29 is 9.18 Å². The number of nitrogens with one attached hydrogen (secondary N) is 1. The molecule has 0 spiro atoms. The minimum Gasteiger partial charge on any atom is -0.375 e. The van der Waals surface area contributed by atoms with Gasteiger partial charge in [-0.2, -0.15) is 0 Å². The number of carbonyl (C=O) groups excluding carboxylic acids is 1. The summed E-state index contributed by atoms with van der Waals surface area (Å²) in [5, 5.41) is 3.27. The highest BCUT2D eigenvalue weighted by molar-refractivity contribution is 6.13.